The lowest BCUT2D eigenvalue weighted by molar-refractivity contribution is -0.0985. The predicted molar refractivity (Wildman–Crippen MR) is 113 cm³/mol. The van der Waals surface area contributed by atoms with E-state index in [1.807, 2.05) is 12.1 Å². The normalized spacial score (nSPS) is 26.7. The zero-order valence-corrected chi connectivity index (χ0v) is 17.5. The summed E-state index contributed by atoms with van der Waals surface area (Å²) in [5.74, 6) is -0.343. The molecule has 2 atom stereocenters. The van der Waals surface area contributed by atoms with E-state index in [0.29, 0.717) is 24.3 Å². The molecule has 2 aliphatic rings. The van der Waals surface area contributed by atoms with Gasteiger partial charge in [-0.3, -0.25) is 14.5 Å². The molecule has 0 spiro atoms. The summed E-state index contributed by atoms with van der Waals surface area (Å²) < 4.78 is 6.13. The molecule has 4 nitrogen and oxygen atoms in total. The van der Waals surface area contributed by atoms with E-state index in [-0.39, 0.29) is 22.8 Å². The van der Waals surface area contributed by atoms with Crippen molar-refractivity contribution in [3.05, 3.63) is 70.8 Å². The Morgan fingerprint density at radius 1 is 1.00 bits per heavy atom. The van der Waals surface area contributed by atoms with Gasteiger partial charge in [0.1, 0.15) is 0 Å². The van der Waals surface area contributed by atoms with Crippen molar-refractivity contribution in [2.24, 2.45) is 0 Å². The molecule has 0 radical (unpaired) electrons. The Bertz CT molecular complexity index is 900. The van der Waals surface area contributed by atoms with Crippen LogP contribution in [0.5, 0.6) is 0 Å². The van der Waals surface area contributed by atoms with E-state index in [1.165, 1.54) is 16.0 Å². The van der Waals surface area contributed by atoms with E-state index in [0.717, 1.165) is 25.7 Å². The number of rotatable bonds is 5. The van der Waals surface area contributed by atoms with Crippen molar-refractivity contribution >= 4 is 11.8 Å². The Morgan fingerprint density at radius 3 is 2.21 bits per heavy atom. The standard InChI is InChI=1S/C25H29NO3/c1-4-24(3)17-25(14-16-29-24,19-11-9-18(2)10-12-19)13-15-26-22(27)20-7-5-6-8-21(20)23(26)28/h5-12H,4,13-17H2,1-3H3/t24-,25+/m0/s1. The quantitative estimate of drug-likeness (QED) is 0.681. The molecule has 0 aliphatic carbocycles. The second kappa shape index (κ2) is 7.42. The number of aryl methyl sites for hydroxylation is 1. The smallest absolute Gasteiger partial charge is 0.261 e. The van der Waals surface area contributed by atoms with Crippen molar-refractivity contribution < 1.29 is 14.3 Å². The van der Waals surface area contributed by atoms with Gasteiger partial charge in [-0.2, -0.15) is 0 Å². The molecule has 0 N–H and O–H groups in total. The maximum Gasteiger partial charge on any atom is 0.261 e. The van der Waals surface area contributed by atoms with Crippen LogP contribution in [0.3, 0.4) is 0 Å². The minimum atomic E-state index is -0.189. The summed E-state index contributed by atoms with van der Waals surface area (Å²) >= 11 is 0. The van der Waals surface area contributed by atoms with Gasteiger partial charge in [0.2, 0.25) is 0 Å². The van der Waals surface area contributed by atoms with Gasteiger partial charge in [-0.05, 0) is 57.2 Å². The number of fused-ring (bicyclic) bond motifs is 1. The lowest BCUT2D eigenvalue weighted by Gasteiger charge is -2.47. The first-order chi connectivity index (χ1) is 13.9. The summed E-state index contributed by atoms with van der Waals surface area (Å²) in [6.07, 6.45) is 3.48. The van der Waals surface area contributed by atoms with Gasteiger partial charge < -0.3 is 4.74 Å². The fraction of sp³-hybridized carbons (Fsp3) is 0.440. The third-order valence-electron chi connectivity index (χ3n) is 6.85. The topological polar surface area (TPSA) is 46.6 Å². The Labute approximate surface area is 172 Å². The van der Waals surface area contributed by atoms with Crippen LogP contribution < -0.4 is 0 Å². The molecule has 0 unspecified atom stereocenters. The molecular formula is C25H29NO3. The molecule has 0 bridgehead atoms. The maximum absolute atomic E-state index is 12.8. The minimum Gasteiger partial charge on any atom is -0.375 e. The van der Waals surface area contributed by atoms with Crippen LogP contribution in [0.1, 0.15) is 71.4 Å². The number of amides is 2. The van der Waals surface area contributed by atoms with Crippen molar-refractivity contribution in [2.45, 2.75) is 57.5 Å². The molecule has 2 amide bonds. The Hall–Kier alpha value is -2.46. The third-order valence-corrected chi connectivity index (χ3v) is 6.85. The van der Waals surface area contributed by atoms with Crippen LogP contribution in [0.25, 0.3) is 0 Å². The van der Waals surface area contributed by atoms with E-state index >= 15 is 0 Å². The number of hydrogen-bond donors (Lipinski definition) is 0. The average Bonchev–Trinajstić information content (AvgIpc) is 2.97. The number of nitrogens with zero attached hydrogens (tertiary/aromatic N) is 1. The molecule has 1 fully saturated rings. The van der Waals surface area contributed by atoms with E-state index in [1.54, 1.807) is 12.1 Å². The molecule has 2 heterocycles. The van der Waals surface area contributed by atoms with Gasteiger partial charge >= 0.3 is 0 Å². The highest BCUT2D eigenvalue weighted by Gasteiger charge is 2.45. The predicted octanol–water partition coefficient (Wildman–Crippen LogP) is 4.90. The van der Waals surface area contributed by atoms with E-state index in [9.17, 15) is 9.59 Å². The van der Waals surface area contributed by atoms with Gasteiger partial charge in [0.15, 0.2) is 0 Å². The van der Waals surface area contributed by atoms with Crippen LogP contribution in [0, 0.1) is 6.92 Å². The molecule has 0 aromatic heterocycles. The highest BCUT2D eigenvalue weighted by Crippen LogP contribution is 2.45. The maximum atomic E-state index is 12.8. The molecule has 1 saturated heterocycles. The van der Waals surface area contributed by atoms with Gasteiger partial charge in [0.05, 0.1) is 16.7 Å². The summed E-state index contributed by atoms with van der Waals surface area (Å²) in [6.45, 7) is 7.56. The van der Waals surface area contributed by atoms with Gasteiger partial charge in [-0.25, -0.2) is 0 Å². The number of benzene rings is 2. The van der Waals surface area contributed by atoms with Crippen molar-refractivity contribution in [1.82, 2.24) is 4.90 Å². The van der Waals surface area contributed by atoms with Crippen molar-refractivity contribution in [3.8, 4) is 0 Å². The number of ether oxygens (including phenoxy) is 1. The first-order valence-corrected chi connectivity index (χ1v) is 10.5. The molecule has 29 heavy (non-hydrogen) atoms. The highest BCUT2D eigenvalue weighted by molar-refractivity contribution is 6.21. The zero-order valence-electron chi connectivity index (χ0n) is 17.5. The van der Waals surface area contributed by atoms with Gasteiger partial charge in [-0.1, -0.05) is 48.9 Å². The van der Waals surface area contributed by atoms with Crippen LogP contribution in [-0.4, -0.2) is 35.5 Å². The van der Waals surface area contributed by atoms with Crippen molar-refractivity contribution in [2.75, 3.05) is 13.2 Å². The van der Waals surface area contributed by atoms with E-state index in [2.05, 4.69) is 45.0 Å². The summed E-state index contributed by atoms with van der Waals surface area (Å²) in [5.41, 5.74) is 3.26. The second-order valence-corrected chi connectivity index (χ2v) is 8.78. The molecular weight excluding hydrogens is 362 g/mol. The zero-order chi connectivity index (χ0) is 20.6. The SMILES string of the molecule is CC[C@@]1(C)C[C@](CCN2C(=O)c3ccccc3C2=O)(c2ccc(C)cc2)CCO1. The summed E-state index contributed by atoms with van der Waals surface area (Å²) in [7, 11) is 0. The molecule has 2 aliphatic heterocycles. The van der Waals surface area contributed by atoms with Crippen LogP contribution in [0.15, 0.2) is 48.5 Å². The lowest BCUT2D eigenvalue weighted by Crippen LogP contribution is -2.47. The molecule has 2 aromatic rings. The fourth-order valence-corrected chi connectivity index (χ4v) is 4.85. The monoisotopic (exact) mass is 391 g/mol. The Morgan fingerprint density at radius 2 is 1.62 bits per heavy atom. The molecule has 4 rings (SSSR count). The van der Waals surface area contributed by atoms with Crippen LogP contribution in [0.2, 0.25) is 0 Å². The average molecular weight is 392 g/mol. The second-order valence-electron chi connectivity index (χ2n) is 8.78. The first-order valence-electron chi connectivity index (χ1n) is 10.5. The van der Waals surface area contributed by atoms with Crippen LogP contribution >= 0.6 is 0 Å². The number of carbonyl (C=O) groups excluding carboxylic acids is 2. The van der Waals surface area contributed by atoms with Crippen LogP contribution in [-0.2, 0) is 10.2 Å². The Balaban J connectivity index is 1.63. The fourth-order valence-electron chi connectivity index (χ4n) is 4.85. The largest absolute Gasteiger partial charge is 0.375 e. The molecule has 4 heteroatoms. The lowest BCUT2D eigenvalue weighted by atomic mass is 9.66. The van der Waals surface area contributed by atoms with Crippen molar-refractivity contribution in [1.29, 1.82) is 0 Å². The minimum absolute atomic E-state index is 0.105. The number of imide groups is 1. The summed E-state index contributed by atoms with van der Waals surface area (Å²) in [6, 6.07) is 15.8. The van der Waals surface area contributed by atoms with Gasteiger partial charge in [0, 0.05) is 18.6 Å². The van der Waals surface area contributed by atoms with Crippen molar-refractivity contribution in [3.63, 3.8) is 0 Å². The third kappa shape index (κ3) is 3.51. The summed E-state index contributed by atoms with van der Waals surface area (Å²) in [5, 5.41) is 0. The van der Waals surface area contributed by atoms with Gasteiger partial charge in [-0.15, -0.1) is 0 Å². The number of hydrogen-bond acceptors (Lipinski definition) is 3. The highest BCUT2D eigenvalue weighted by atomic mass is 16.5. The van der Waals surface area contributed by atoms with E-state index < -0.39 is 0 Å². The molecule has 0 saturated carbocycles. The van der Waals surface area contributed by atoms with Crippen LogP contribution in [0.4, 0.5) is 0 Å². The molecule has 2 aromatic carbocycles. The number of carbonyl (C=O) groups is 2. The summed E-state index contributed by atoms with van der Waals surface area (Å²) in [4.78, 5) is 27.1. The molecule has 152 valence electrons. The van der Waals surface area contributed by atoms with Gasteiger partial charge in [0.25, 0.3) is 11.8 Å². The van der Waals surface area contributed by atoms with E-state index in [4.69, 9.17) is 4.74 Å². The Kier molecular flexibility index (Phi) is 5.07. The first kappa shape index (κ1) is 19.8.